The molecule has 8 aromatic rings. The summed E-state index contributed by atoms with van der Waals surface area (Å²) >= 11 is 0. The van der Waals surface area contributed by atoms with Gasteiger partial charge < -0.3 is 0 Å². The Balaban J connectivity index is 1.53. The summed E-state index contributed by atoms with van der Waals surface area (Å²) in [5.74, 6) is 0. The summed E-state index contributed by atoms with van der Waals surface area (Å²) in [5.41, 5.74) is 8.27. The molecule has 0 aliphatic carbocycles. The van der Waals surface area contributed by atoms with Gasteiger partial charge in [-0.2, -0.15) is 0 Å². The van der Waals surface area contributed by atoms with Crippen molar-refractivity contribution in [2.45, 2.75) is 0 Å². The van der Waals surface area contributed by atoms with E-state index in [0.29, 0.717) is 0 Å². The van der Waals surface area contributed by atoms with Crippen LogP contribution < -0.4 is 0 Å². The van der Waals surface area contributed by atoms with Crippen molar-refractivity contribution in [1.82, 2.24) is 14.4 Å². The molecule has 0 unspecified atom stereocenters. The SMILES string of the molecule is c1ccc(-c2nc3c4c(ccn3c2-c2ccc3ccccc3c2)c(-c2ccccc2)nc2ccccc24)cc1. The first-order valence-electron chi connectivity index (χ1n) is 13.2. The lowest BCUT2D eigenvalue weighted by Crippen LogP contribution is -1.94. The standard InChI is InChI=1S/C36H23N3/c1-3-12-25(13-4-1)33-30-21-22-39-35(28-20-19-24-11-7-8-16-27(24)23-28)34(26-14-5-2-6-15-26)38-36(39)32(30)29-17-9-10-18-31(29)37-33/h1-23H. The highest BCUT2D eigenvalue weighted by molar-refractivity contribution is 6.17. The first-order valence-corrected chi connectivity index (χ1v) is 13.2. The summed E-state index contributed by atoms with van der Waals surface area (Å²) in [6.07, 6.45) is 2.16. The van der Waals surface area contributed by atoms with Gasteiger partial charge in [0.25, 0.3) is 0 Å². The maximum absolute atomic E-state index is 5.39. The van der Waals surface area contributed by atoms with E-state index in [1.807, 2.05) is 6.07 Å². The third-order valence-corrected chi connectivity index (χ3v) is 7.57. The van der Waals surface area contributed by atoms with Gasteiger partial charge in [0.2, 0.25) is 0 Å². The molecule has 182 valence electrons. The molecule has 0 bridgehead atoms. The average Bonchev–Trinajstić information content (AvgIpc) is 3.41. The number of para-hydroxylation sites is 1. The van der Waals surface area contributed by atoms with Crippen molar-refractivity contribution in [1.29, 1.82) is 0 Å². The van der Waals surface area contributed by atoms with E-state index in [4.69, 9.17) is 9.97 Å². The topological polar surface area (TPSA) is 30.2 Å². The molecule has 0 fully saturated rings. The van der Waals surface area contributed by atoms with Crippen molar-refractivity contribution >= 4 is 38.1 Å². The van der Waals surface area contributed by atoms with Gasteiger partial charge in [0.1, 0.15) is 5.65 Å². The van der Waals surface area contributed by atoms with Crippen LogP contribution in [-0.4, -0.2) is 14.4 Å². The molecule has 0 N–H and O–H groups in total. The molecule has 0 atom stereocenters. The van der Waals surface area contributed by atoms with Gasteiger partial charge in [-0.3, -0.25) is 4.40 Å². The van der Waals surface area contributed by atoms with E-state index in [9.17, 15) is 0 Å². The molecule has 0 saturated heterocycles. The van der Waals surface area contributed by atoms with Crippen LogP contribution in [0, 0.1) is 0 Å². The number of pyridine rings is 2. The molecule has 5 aromatic carbocycles. The molecule has 3 aromatic heterocycles. The summed E-state index contributed by atoms with van der Waals surface area (Å²) in [7, 11) is 0. The fraction of sp³-hybridized carbons (Fsp3) is 0. The van der Waals surface area contributed by atoms with E-state index >= 15 is 0 Å². The predicted octanol–water partition coefficient (Wildman–Crippen LogP) is 9.19. The Kier molecular flexibility index (Phi) is 4.82. The molecule has 0 radical (unpaired) electrons. The van der Waals surface area contributed by atoms with Crippen LogP contribution in [0.15, 0.2) is 140 Å². The fourth-order valence-electron chi connectivity index (χ4n) is 5.76. The van der Waals surface area contributed by atoms with Gasteiger partial charge >= 0.3 is 0 Å². The molecule has 0 saturated carbocycles. The summed E-state index contributed by atoms with van der Waals surface area (Å²) in [4.78, 5) is 10.5. The number of imidazole rings is 1. The van der Waals surface area contributed by atoms with Crippen LogP contribution in [-0.2, 0) is 0 Å². The van der Waals surface area contributed by atoms with Crippen LogP contribution in [0.5, 0.6) is 0 Å². The second-order valence-electron chi connectivity index (χ2n) is 9.88. The van der Waals surface area contributed by atoms with E-state index in [-0.39, 0.29) is 0 Å². The Morgan fingerprint density at radius 2 is 1.13 bits per heavy atom. The first kappa shape index (κ1) is 21.8. The zero-order valence-electron chi connectivity index (χ0n) is 21.1. The zero-order chi connectivity index (χ0) is 25.8. The van der Waals surface area contributed by atoms with Gasteiger partial charge in [0.15, 0.2) is 0 Å². The molecule has 0 aliphatic rings. The Hall–Kier alpha value is -5.28. The quantitative estimate of drug-likeness (QED) is 0.228. The van der Waals surface area contributed by atoms with Gasteiger partial charge in [0.05, 0.1) is 22.6 Å². The van der Waals surface area contributed by atoms with Crippen molar-refractivity contribution in [2.75, 3.05) is 0 Å². The molecular formula is C36H23N3. The molecule has 3 heteroatoms. The van der Waals surface area contributed by atoms with Gasteiger partial charge in [-0.25, -0.2) is 9.97 Å². The fourth-order valence-corrected chi connectivity index (χ4v) is 5.76. The maximum atomic E-state index is 5.39. The van der Waals surface area contributed by atoms with Crippen molar-refractivity contribution in [3.63, 3.8) is 0 Å². The van der Waals surface area contributed by atoms with Crippen LogP contribution >= 0.6 is 0 Å². The second-order valence-corrected chi connectivity index (χ2v) is 9.88. The number of fused-ring (bicyclic) bond motifs is 6. The van der Waals surface area contributed by atoms with Crippen LogP contribution in [0.1, 0.15) is 0 Å². The molecule has 0 spiro atoms. The van der Waals surface area contributed by atoms with Gasteiger partial charge in [0, 0.05) is 39.0 Å². The molecule has 0 amide bonds. The third-order valence-electron chi connectivity index (χ3n) is 7.57. The highest BCUT2D eigenvalue weighted by atomic mass is 15.0. The predicted molar refractivity (Wildman–Crippen MR) is 162 cm³/mol. The monoisotopic (exact) mass is 497 g/mol. The van der Waals surface area contributed by atoms with Crippen molar-refractivity contribution in [2.24, 2.45) is 0 Å². The molecule has 39 heavy (non-hydrogen) atoms. The molecule has 3 nitrogen and oxygen atoms in total. The van der Waals surface area contributed by atoms with Gasteiger partial charge in [-0.05, 0) is 29.0 Å². The van der Waals surface area contributed by atoms with Crippen molar-refractivity contribution < 1.29 is 0 Å². The highest BCUT2D eigenvalue weighted by Crippen LogP contribution is 2.40. The largest absolute Gasteiger partial charge is 0.298 e. The Labute approximate surface area is 225 Å². The molecule has 3 heterocycles. The van der Waals surface area contributed by atoms with E-state index in [0.717, 1.165) is 61.1 Å². The van der Waals surface area contributed by atoms with Crippen LogP contribution in [0.3, 0.4) is 0 Å². The lowest BCUT2D eigenvalue weighted by Gasteiger charge is -2.12. The minimum Gasteiger partial charge on any atom is -0.298 e. The molecule has 0 aliphatic heterocycles. The number of benzene rings is 5. The summed E-state index contributed by atoms with van der Waals surface area (Å²) in [6.45, 7) is 0. The van der Waals surface area contributed by atoms with Crippen LogP contribution in [0.25, 0.3) is 71.9 Å². The molecular weight excluding hydrogens is 474 g/mol. The van der Waals surface area contributed by atoms with E-state index in [1.165, 1.54) is 10.8 Å². The van der Waals surface area contributed by atoms with Gasteiger partial charge in [-0.1, -0.05) is 115 Å². The van der Waals surface area contributed by atoms with Crippen molar-refractivity contribution in [3.05, 3.63) is 140 Å². The number of hydrogen-bond acceptors (Lipinski definition) is 2. The minimum absolute atomic E-state index is 0.935. The average molecular weight is 498 g/mol. The number of hydrogen-bond donors (Lipinski definition) is 0. The van der Waals surface area contributed by atoms with E-state index in [2.05, 4.69) is 138 Å². The summed E-state index contributed by atoms with van der Waals surface area (Å²) < 4.78 is 2.26. The zero-order valence-corrected chi connectivity index (χ0v) is 21.1. The number of nitrogens with zero attached hydrogens (tertiary/aromatic N) is 3. The van der Waals surface area contributed by atoms with E-state index < -0.39 is 0 Å². The highest BCUT2D eigenvalue weighted by Gasteiger charge is 2.21. The van der Waals surface area contributed by atoms with Crippen LogP contribution in [0.4, 0.5) is 0 Å². The van der Waals surface area contributed by atoms with Crippen LogP contribution in [0.2, 0.25) is 0 Å². The lowest BCUT2D eigenvalue weighted by atomic mass is 10.0. The normalized spacial score (nSPS) is 11.6. The first-order chi connectivity index (χ1) is 19.3. The minimum atomic E-state index is 0.935. The summed E-state index contributed by atoms with van der Waals surface area (Å²) in [5, 5.41) is 5.76. The number of rotatable bonds is 3. The second kappa shape index (κ2) is 8.64. The maximum Gasteiger partial charge on any atom is 0.146 e. The Bertz CT molecular complexity index is 2160. The Morgan fingerprint density at radius 1 is 0.462 bits per heavy atom. The lowest BCUT2D eigenvalue weighted by molar-refractivity contribution is 1.21. The number of aromatic nitrogens is 3. The molecule has 8 rings (SSSR count). The smallest absolute Gasteiger partial charge is 0.146 e. The van der Waals surface area contributed by atoms with Crippen molar-refractivity contribution in [3.8, 4) is 33.8 Å². The summed E-state index contributed by atoms with van der Waals surface area (Å²) in [6, 6.07) is 46.7. The third kappa shape index (κ3) is 3.44. The Morgan fingerprint density at radius 3 is 1.92 bits per heavy atom. The van der Waals surface area contributed by atoms with Gasteiger partial charge in [-0.15, -0.1) is 0 Å². The van der Waals surface area contributed by atoms with E-state index in [1.54, 1.807) is 0 Å².